The molecule has 7 heavy (non-hydrogen) atoms. The second kappa shape index (κ2) is 2.36. The number of hydrogen-bond donors (Lipinski definition) is 0. The van der Waals surface area contributed by atoms with E-state index in [1.165, 1.54) is 3.58 Å². The number of hydrogen-bond acceptors (Lipinski definition) is 0. The molecule has 0 amide bonds. The van der Waals surface area contributed by atoms with Gasteiger partial charge in [0.2, 0.25) is 0 Å². The van der Waals surface area contributed by atoms with Crippen LogP contribution in [0.3, 0.4) is 0 Å². The normalized spacial score (nSPS) is 9.14. The van der Waals surface area contributed by atoms with Crippen LogP contribution in [0.4, 0.5) is 0 Å². The van der Waals surface area contributed by atoms with Crippen LogP contribution in [0.15, 0.2) is 30.3 Å². The summed E-state index contributed by atoms with van der Waals surface area (Å²) in [4.78, 5) is 0. The zero-order valence-corrected chi connectivity index (χ0v) is 10.1. The first kappa shape index (κ1) is 5.16. The molecule has 1 rings (SSSR count). The summed E-state index contributed by atoms with van der Waals surface area (Å²) in [5, 5.41) is 0. The van der Waals surface area contributed by atoms with Crippen LogP contribution in [0.1, 0.15) is 0 Å². The Morgan fingerprint density at radius 1 is 1.00 bits per heavy atom. The van der Waals surface area contributed by atoms with Gasteiger partial charge in [0.1, 0.15) is 0 Å². The predicted molar refractivity (Wildman–Crippen MR) is 36.0 cm³/mol. The molecule has 1 heteroatoms. The molecule has 0 unspecified atom stereocenters. The van der Waals surface area contributed by atoms with E-state index in [2.05, 4.69) is 30.3 Å². The monoisotopic (exact) mass is 200 g/mol. The molecule has 0 aromatic heterocycles. The quantitative estimate of drug-likeness (QED) is 0.502. The number of benzene rings is 1. The van der Waals surface area contributed by atoms with Gasteiger partial charge in [-0.25, -0.2) is 0 Å². The van der Waals surface area contributed by atoms with E-state index in [0.717, 1.165) is 0 Å². The summed E-state index contributed by atoms with van der Waals surface area (Å²) in [6.45, 7) is 0. The molecule has 0 aliphatic rings. The molecular formula is C6H8Sn. The fraction of sp³-hybridized carbons (Fsp3) is 0. The minimum absolute atomic E-state index is 0.708. The van der Waals surface area contributed by atoms with Gasteiger partial charge in [0.15, 0.2) is 0 Å². The van der Waals surface area contributed by atoms with Crippen molar-refractivity contribution in [2.75, 3.05) is 0 Å². The first-order chi connectivity index (χ1) is 3.39. The van der Waals surface area contributed by atoms with Gasteiger partial charge in [-0.05, 0) is 0 Å². The number of rotatable bonds is 0. The van der Waals surface area contributed by atoms with Crippen molar-refractivity contribution in [3.63, 3.8) is 0 Å². The summed E-state index contributed by atoms with van der Waals surface area (Å²) < 4.78 is 1.53. The van der Waals surface area contributed by atoms with Gasteiger partial charge < -0.3 is 0 Å². The molecule has 0 fully saturated rings. The molecule has 0 N–H and O–H groups in total. The van der Waals surface area contributed by atoms with Gasteiger partial charge in [0.25, 0.3) is 0 Å². The van der Waals surface area contributed by atoms with E-state index in [4.69, 9.17) is 0 Å². The molecule has 0 spiro atoms. The Kier molecular flexibility index (Phi) is 1.74. The van der Waals surface area contributed by atoms with Crippen LogP contribution in [0.2, 0.25) is 0 Å². The summed E-state index contributed by atoms with van der Waals surface area (Å²) >= 11 is 0.708. The van der Waals surface area contributed by atoms with Crippen molar-refractivity contribution in [1.82, 2.24) is 0 Å². The first-order valence-corrected chi connectivity index (χ1v) is 5.26. The molecule has 0 atom stereocenters. The summed E-state index contributed by atoms with van der Waals surface area (Å²) in [7, 11) is 0. The van der Waals surface area contributed by atoms with Crippen molar-refractivity contribution in [2.24, 2.45) is 0 Å². The summed E-state index contributed by atoms with van der Waals surface area (Å²) in [6, 6.07) is 10.6. The summed E-state index contributed by atoms with van der Waals surface area (Å²) in [6.07, 6.45) is 0. The molecule has 0 aliphatic heterocycles. The average molecular weight is 199 g/mol. The molecule has 0 heterocycles. The van der Waals surface area contributed by atoms with Crippen LogP contribution in [0.5, 0.6) is 0 Å². The molecule has 0 aliphatic carbocycles. The van der Waals surface area contributed by atoms with Crippen molar-refractivity contribution in [3.8, 4) is 0 Å². The van der Waals surface area contributed by atoms with Crippen LogP contribution in [-0.2, 0) is 0 Å². The van der Waals surface area contributed by atoms with Gasteiger partial charge in [0, 0.05) is 0 Å². The van der Waals surface area contributed by atoms with Crippen LogP contribution < -0.4 is 3.58 Å². The SMILES string of the molecule is [SnH3][c]1ccccc1. The van der Waals surface area contributed by atoms with Crippen LogP contribution in [0, 0.1) is 0 Å². The Labute approximate surface area is 56.6 Å². The van der Waals surface area contributed by atoms with E-state index in [1.54, 1.807) is 0 Å². The Morgan fingerprint density at radius 2 is 1.57 bits per heavy atom. The molecule has 1 aromatic carbocycles. The Morgan fingerprint density at radius 3 is 1.86 bits per heavy atom. The fourth-order valence-electron chi connectivity index (χ4n) is 0.534. The van der Waals surface area contributed by atoms with Crippen molar-refractivity contribution < 1.29 is 0 Å². The second-order valence-corrected chi connectivity index (χ2v) is 4.95. The minimum atomic E-state index is 0.708. The van der Waals surface area contributed by atoms with Crippen molar-refractivity contribution >= 4 is 26.1 Å². The molecule has 0 bridgehead atoms. The van der Waals surface area contributed by atoms with Gasteiger partial charge in [-0.2, -0.15) is 0 Å². The topological polar surface area (TPSA) is 0 Å². The third-order valence-corrected chi connectivity index (χ3v) is 2.84. The van der Waals surface area contributed by atoms with E-state index in [9.17, 15) is 0 Å². The van der Waals surface area contributed by atoms with Crippen LogP contribution in [0.25, 0.3) is 0 Å². The van der Waals surface area contributed by atoms with Gasteiger partial charge in [-0.15, -0.1) is 0 Å². The summed E-state index contributed by atoms with van der Waals surface area (Å²) in [5.41, 5.74) is 0. The van der Waals surface area contributed by atoms with Crippen LogP contribution >= 0.6 is 0 Å². The average Bonchev–Trinajstić information content (AvgIpc) is 1.69. The van der Waals surface area contributed by atoms with E-state index in [0.29, 0.717) is 22.5 Å². The molecule has 0 radical (unpaired) electrons. The second-order valence-electron chi connectivity index (χ2n) is 1.65. The third kappa shape index (κ3) is 1.51. The molecule has 0 nitrogen and oxygen atoms in total. The fourth-order valence-corrected chi connectivity index (χ4v) is 1.63. The Bertz CT molecular complexity index is 134. The maximum absolute atomic E-state index is 2.18. The van der Waals surface area contributed by atoms with E-state index >= 15 is 0 Å². The zero-order chi connectivity index (χ0) is 5.11. The Balaban J connectivity index is 3.02. The van der Waals surface area contributed by atoms with Gasteiger partial charge >= 0.3 is 56.4 Å². The molecule has 36 valence electrons. The first-order valence-electron chi connectivity index (χ1n) is 2.41. The molecule has 1 aromatic rings. The van der Waals surface area contributed by atoms with Gasteiger partial charge in [-0.1, -0.05) is 0 Å². The summed E-state index contributed by atoms with van der Waals surface area (Å²) in [5.74, 6) is 0. The third-order valence-electron chi connectivity index (χ3n) is 0.940. The molecule has 0 saturated carbocycles. The molecule has 0 saturated heterocycles. The Hall–Kier alpha value is 0.0187. The molecular weight excluding hydrogens is 191 g/mol. The van der Waals surface area contributed by atoms with Crippen molar-refractivity contribution in [2.45, 2.75) is 0 Å². The van der Waals surface area contributed by atoms with E-state index in [-0.39, 0.29) is 0 Å². The van der Waals surface area contributed by atoms with Crippen LogP contribution in [-0.4, -0.2) is 22.5 Å². The van der Waals surface area contributed by atoms with Gasteiger partial charge in [-0.3, -0.25) is 0 Å². The zero-order valence-electron chi connectivity index (χ0n) is 4.39. The van der Waals surface area contributed by atoms with Crippen molar-refractivity contribution in [1.29, 1.82) is 0 Å². The standard InChI is InChI=1S/C6H5.Sn.3H/c1-2-4-6-5-3-1;;;;/h1-5H;;;;. The maximum atomic E-state index is 2.18. The predicted octanol–water partition coefficient (Wildman–Crippen LogP) is -0.323. The van der Waals surface area contributed by atoms with E-state index < -0.39 is 0 Å². The van der Waals surface area contributed by atoms with Gasteiger partial charge in [0.05, 0.1) is 0 Å². The van der Waals surface area contributed by atoms with E-state index in [1.807, 2.05) is 0 Å². The van der Waals surface area contributed by atoms with Crippen molar-refractivity contribution in [3.05, 3.63) is 30.3 Å².